The Labute approximate surface area is 186 Å². The first-order valence-corrected chi connectivity index (χ1v) is 13.0. The highest BCUT2D eigenvalue weighted by Gasteiger charge is 2.04. The summed E-state index contributed by atoms with van der Waals surface area (Å²) in [5, 5.41) is 8.99. The summed E-state index contributed by atoms with van der Waals surface area (Å²) < 4.78 is 0. The molecule has 2 rings (SSSR count). The van der Waals surface area contributed by atoms with Crippen LogP contribution in [0.2, 0.25) is 0 Å². The fourth-order valence-electron chi connectivity index (χ4n) is 3.35. The van der Waals surface area contributed by atoms with Crippen LogP contribution >= 0.6 is 23.5 Å². The molecule has 2 aromatic rings. The van der Waals surface area contributed by atoms with Gasteiger partial charge in [0.2, 0.25) is 0 Å². The van der Waals surface area contributed by atoms with E-state index in [0.717, 1.165) is 5.56 Å². The van der Waals surface area contributed by atoms with Crippen LogP contribution in [-0.4, -0.2) is 5.75 Å². The Kier molecular flexibility index (Phi) is 12.7. The van der Waals surface area contributed by atoms with Crippen LogP contribution in [0.15, 0.2) is 63.2 Å². The number of nitrogens with zero attached hydrogens (tertiary/aromatic N) is 1. The number of benzene rings is 2. The van der Waals surface area contributed by atoms with Gasteiger partial charge >= 0.3 is 0 Å². The van der Waals surface area contributed by atoms with Gasteiger partial charge in [0.05, 0.1) is 12.5 Å². The minimum atomic E-state index is 0.468. The summed E-state index contributed by atoms with van der Waals surface area (Å²) >= 11 is 3.72. The summed E-state index contributed by atoms with van der Waals surface area (Å²) in [5.74, 6) is 1.22. The molecule has 29 heavy (non-hydrogen) atoms. The van der Waals surface area contributed by atoms with Crippen molar-refractivity contribution in [3.05, 3.63) is 54.1 Å². The van der Waals surface area contributed by atoms with Gasteiger partial charge in [0, 0.05) is 14.7 Å². The number of thioether (sulfide) groups is 1. The van der Waals surface area contributed by atoms with Crippen molar-refractivity contribution in [3.8, 4) is 6.07 Å². The van der Waals surface area contributed by atoms with Crippen LogP contribution in [0.5, 0.6) is 0 Å². The second-order valence-electron chi connectivity index (χ2n) is 7.55. The molecule has 0 saturated heterocycles. The Morgan fingerprint density at radius 3 is 1.97 bits per heavy atom. The van der Waals surface area contributed by atoms with Gasteiger partial charge in [-0.15, -0.1) is 11.8 Å². The molecule has 0 aromatic heterocycles. The fraction of sp³-hybridized carbons (Fsp3) is 0.500. The second kappa shape index (κ2) is 15.5. The molecule has 0 fully saturated rings. The van der Waals surface area contributed by atoms with Gasteiger partial charge in [-0.25, -0.2) is 0 Å². The number of rotatable bonds is 15. The maximum atomic E-state index is 8.99. The molecule has 0 unspecified atom stereocenters. The molecule has 3 heteroatoms. The van der Waals surface area contributed by atoms with E-state index in [4.69, 9.17) is 5.26 Å². The van der Waals surface area contributed by atoms with Gasteiger partial charge in [-0.2, -0.15) is 5.26 Å². The van der Waals surface area contributed by atoms with E-state index in [0.29, 0.717) is 6.42 Å². The van der Waals surface area contributed by atoms with Crippen LogP contribution in [0.1, 0.15) is 76.7 Å². The second-order valence-corrected chi connectivity index (χ2v) is 9.83. The predicted octanol–water partition coefficient (Wildman–Crippen LogP) is 8.92. The normalized spacial score (nSPS) is 10.8. The lowest BCUT2D eigenvalue weighted by Gasteiger charge is -2.07. The molecule has 0 bridgehead atoms. The summed E-state index contributed by atoms with van der Waals surface area (Å²) in [6.07, 6.45) is 14.4. The zero-order valence-corrected chi connectivity index (χ0v) is 19.5. The number of nitriles is 1. The van der Waals surface area contributed by atoms with Crippen molar-refractivity contribution in [3.63, 3.8) is 0 Å². The van der Waals surface area contributed by atoms with Crippen molar-refractivity contribution in [1.29, 1.82) is 5.26 Å². The average molecular weight is 426 g/mol. The van der Waals surface area contributed by atoms with Crippen molar-refractivity contribution in [2.24, 2.45) is 0 Å². The van der Waals surface area contributed by atoms with Crippen molar-refractivity contribution < 1.29 is 0 Å². The minimum absolute atomic E-state index is 0.468. The third-order valence-electron chi connectivity index (χ3n) is 5.06. The number of unbranched alkanes of at least 4 members (excludes halogenated alkanes) is 9. The molecule has 0 saturated carbocycles. The maximum Gasteiger partial charge on any atom is 0.0670 e. The van der Waals surface area contributed by atoms with Gasteiger partial charge < -0.3 is 0 Å². The van der Waals surface area contributed by atoms with Crippen LogP contribution in [-0.2, 0) is 6.42 Å². The molecular weight excluding hydrogens is 390 g/mol. The van der Waals surface area contributed by atoms with Crippen LogP contribution in [0, 0.1) is 11.3 Å². The SMILES string of the molecule is CCCCCCCCCCCCSc1ccc(Sc2ccccc2CC#N)cc1. The first-order valence-electron chi connectivity index (χ1n) is 11.2. The van der Waals surface area contributed by atoms with Crippen LogP contribution in [0.25, 0.3) is 0 Å². The molecule has 0 atom stereocenters. The minimum Gasteiger partial charge on any atom is -0.198 e. The summed E-state index contributed by atoms with van der Waals surface area (Å²) in [6.45, 7) is 2.28. The van der Waals surface area contributed by atoms with Gasteiger partial charge in [-0.05, 0) is 48.1 Å². The van der Waals surface area contributed by atoms with Crippen molar-refractivity contribution in [1.82, 2.24) is 0 Å². The first kappa shape index (κ1) is 23.9. The van der Waals surface area contributed by atoms with Gasteiger partial charge in [-0.1, -0.05) is 94.7 Å². The van der Waals surface area contributed by atoms with Crippen molar-refractivity contribution in [2.75, 3.05) is 5.75 Å². The predicted molar refractivity (Wildman–Crippen MR) is 129 cm³/mol. The molecule has 0 spiro atoms. The molecule has 1 nitrogen and oxygen atoms in total. The zero-order valence-electron chi connectivity index (χ0n) is 17.9. The molecule has 0 N–H and O–H groups in total. The highest BCUT2D eigenvalue weighted by molar-refractivity contribution is 7.99. The summed E-state index contributed by atoms with van der Waals surface area (Å²) in [4.78, 5) is 3.77. The lowest BCUT2D eigenvalue weighted by molar-refractivity contribution is 0.563. The van der Waals surface area contributed by atoms with Crippen LogP contribution in [0.3, 0.4) is 0 Å². The van der Waals surface area contributed by atoms with E-state index in [-0.39, 0.29) is 0 Å². The maximum absolute atomic E-state index is 8.99. The highest BCUT2D eigenvalue weighted by Crippen LogP contribution is 2.32. The Morgan fingerprint density at radius 1 is 0.724 bits per heavy atom. The Balaban J connectivity index is 1.59. The third kappa shape index (κ3) is 10.3. The Morgan fingerprint density at radius 2 is 1.31 bits per heavy atom. The molecule has 156 valence electrons. The molecule has 0 aliphatic heterocycles. The third-order valence-corrected chi connectivity index (χ3v) is 7.28. The molecular formula is C26H35NS2. The van der Waals surface area contributed by atoms with Crippen molar-refractivity contribution >= 4 is 23.5 Å². The molecule has 0 heterocycles. The van der Waals surface area contributed by atoms with E-state index in [1.807, 2.05) is 30.0 Å². The van der Waals surface area contributed by atoms with Gasteiger partial charge in [0.1, 0.15) is 0 Å². The quantitative estimate of drug-likeness (QED) is 0.210. The topological polar surface area (TPSA) is 23.8 Å². The fourth-order valence-corrected chi connectivity index (χ4v) is 5.20. The van der Waals surface area contributed by atoms with E-state index in [9.17, 15) is 0 Å². The number of hydrogen-bond donors (Lipinski definition) is 0. The largest absolute Gasteiger partial charge is 0.198 e. The molecule has 2 aromatic carbocycles. The Bertz CT molecular complexity index is 718. The smallest absolute Gasteiger partial charge is 0.0670 e. The Hall–Kier alpha value is -1.37. The highest BCUT2D eigenvalue weighted by atomic mass is 32.2. The molecule has 0 amide bonds. The summed E-state index contributed by atoms with van der Waals surface area (Å²) in [6, 6.07) is 19.3. The van der Waals surface area contributed by atoms with E-state index >= 15 is 0 Å². The van der Waals surface area contributed by atoms with E-state index < -0.39 is 0 Å². The zero-order chi connectivity index (χ0) is 20.6. The first-order chi connectivity index (χ1) is 14.3. The molecule has 0 radical (unpaired) electrons. The van der Waals surface area contributed by atoms with Crippen LogP contribution in [0.4, 0.5) is 0 Å². The lowest BCUT2D eigenvalue weighted by Crippen LogP contribution is -1.86. The van der Waals surface area contributed by atoms with E-state index in [2.05, 4.69) is 43.3 Å². The van der Waals surface area contributed by atoms with Crippen molar-refractivity contribution in [2.45, 2.75) is 92.2 Å². The molecule has 0 aliphatic carbocycles. The van der Waals surface area contributed by atoms with Gasteiger partial charge in [0.25, 0.3) is 0 Å². The molecule has 0 aliphatic rings. The average Bonchev–Trinajstić information content (AvgIpc) is 2.75. The summed E-state index contributed by atoms with van der Waals surface area (Å²) in [7, 11) is 0. The lowest BCUT2D eigenvalue weighted by atomic mass is 10.1. The van der Waals surface area contributed by atoms with E-state index in [1.165, 1.54) is 84.6 Å². The number of hydrogen-bond acceptors (Lipinski definition) is 3. The van der Waals surface area contributed by atoms with Gasteiger partial charge in [0.15, 0.2) is 0 Å². The summed E-state index contributed by atoms with van der Waals surface area (Å²) in [5.41, 5.74) is 1.11. The standard InChI is InChI=1S/C26H35NS2/c1-2-3-4-5-6-7-8-9-10-13-22-28-24-16-18-25(19-17-24)29-26-15-12-11-14-23(26)20-21-27/h11-12,14-19H,2-10,13,20,22H2,1H3. The van der Waals surface area contributed by atoms with E-state index in [1.54, 1.807) is 11.8 Å². The van der Waals surface area contributed by atoms with Crippen LogP contribution < -0.4 is 0 Å². The van der Waals surface area contributed by atoms with Gasteiger partial charge in [-0.3, -0.25) is 0 Å². The monoisotopic (exact) mass is 425 g/mol.